The molecule has 0 aliphatic rings. The van der Waals surface area contributed by atoms with Crippen LogP contribution in [0.15, 0.2) is 88.1 Å². The molecule has 180 valence electrons. The van der Waals surface area contributed by atoms with Crippen LogP contribution in [0.3, 0.4) is 0 Å². The van der Waals surface area contributed by atoms with Crippen LogP contribution < -0.4 is 20.4 Å². The molecule has 1 heterocycles. The first kappa shape index (κ1) is 23.7. The van der Waals surface area contributed by atoms with Crippen molar-refractivity contribution in [3.8, 4) is 17.2 Å². The zero-order valence-electron chi connectivity index (χ0n) is 19.0. The highest BCUT2D eigenvalue weighted by Crippen LogP contribution is 2.38. The van der Waals surface area contributed by atoms with E-state index in [-0.39, 0.29) is 16.2 Å². The molecule has 0 atom stereocenters. The molecule has 1 aromatic heterocycles. The van der Waals surface area contributed by atoms with Crippen LogP contribution in [0.2, 0.25) is 10.0 Å². The SMILES string of the molecule is CCOc1cccc2cc(C(=O)Nc3ccc(Oc4ccc5ccccc5c4Cl)c(Cl)c3)c(=O)oc12. The van der Waals surface area contributed by atoms with Crippen LogP contribution in [0.5, 0.6) is 17.2 Å². The van der Waals surface area contributed by atoms with Gasteiger partial charge in [-0.15, -0.1) is 0 Å². The third-order valence-corrected chi connectivity index (χ3v) is 6.19. The second-order valence-electron chi connectivity index (χ2n) is 7.86. The summed E-state index contributed by atoms with van der Waals surface area (Å²) in [6.45, 7) is 2.25. The van der Waals surface area contributed by atoms with E-state index in [0.717, 1.165) is 10.8 Å². The minimum absolute atomic E-state index is 0.143. The summed E-state index contributed by atoms with van der Waals surface area (Å²) in [4.78, 5) is 25.4. The van der Waals surface area contributed by atoms with Crippen LogP contribution in [0.25, 0.3) is 21.7 Å². The molecule has 0 saturated heterocycles. The molecule has 8 heteroatoms. The first-order valence-corrected chi connectivity index (χ1v) is 11.9. The van der Waals surface area contributed by atoms with Gasteiger partial charge in [0.1, 0.15) is 17.1 Å². The monoisotopic (exact) mass is 519 g/mol. The first-order chi connectivity index (χ1) is 17.4. The molecule has 0 unspecified atom stereocenters. The van der Waals surface area contributed by atoms with Gasteiger partial charge in [-0.05, 0) is 48.7 Å². The van der Waals surface area contributed by atoms with Gasteiger partial charge in [-0.25, -0.2) is 4.79 Å². The van der Waals surface area contributed by atoms with Gasteiger partial charge in [-0.2, -0.15) is 0 Å². The van der Waals surface area contributed by atoms with Crippen molar-refractivity contribution >= 4 is 56.5 Å². The number of ether oxygens (including phenoxy) is 2. The summed E-state index contributed by atoms with van der Waals surface area (Å²) in [5, 5.41) is 5.82. The largest absolute Gasteiger partial charge is 0.490 e. The molecule has 5 rings (SSSR count). The summed E-state index contributed by atoms with van der Waals surface area (Å²) in [5.74, 6) is 0.623. The Morgan fingerprint density at radius 2 is 1.67 bits per heavy atom. The number of anilines is 1. The van der Waals surface area contributed by atoms with E-state index in [4.69, 9.17) is 37.1 Å². The summed E-state index contributed by atoms with van der Waals surface area (Å²) >= 11 is 12.9. The van der Waals surface area contributed by atoms with Crippen LogP contribution in [-0.4, -0.2) is 12.5 Å². The van der Waals surface area contributed by atoms with E-state index in [1.165, 1.54) is 12.1 Å². The highest BCUT2D eigenvalue weighted by Gasteiger charge is 2.17. The fourth-order valence-corrected chi connectivity index (χ4v) is 4.31. The molecule has 1 amide bonds. The van der Waals surface area contributed by atoms with Gasteiger partial charge in [-0.3, -0.25) is 4.79 Å². The molecule has 36 heavy (non-hydrogen) atoms. The van der Waals surface area contributed by atoms with Crippen LogP contribution in [0.1, 0.15) is 17.3 Å². The summed E-state index contributed by atoms with van der Waals surface area (Å²) in [5.41, 5.74) is -0.248. The Labute approximate surface area is 216 Å². The number of carbonyl (C=O) groups excluding carboxylic acids is 1. The third-order valence-electron chi connectivity index (χ3n) is 5.51. The van der Waals surface area contributed by atoms with Crippen molar-refractivity contribution in [1.82, 2.24) is 0 Å². The smallest absolute Gasteiger partial charge is 0.349 e. The number of halogens is 2. The first-order valence-electron chi connectivity index (χ1n) is 11.1. The molecule has 0 aliphatic carbocycles. The van der Waals surface area contributed by atoms with Crippen LogP contribution in [-0.2, 0) is 0 Å². The fourth-order valence-electron chi connectivity index (χ4n) is 3.82. The topological polar surface area (TPSA) is 77.8 Å². The van der Waals surface area contributed by atoms with Crippen LogP contribution in [0.4, 0.5) is 5.69 Å². The van der Waals surface area contributed by atoms with Crippen molar-refractivity contribution in [3.63, 3.8) is 0 Å². The lowest BCUT2D eigenvalue weighted by Crippen LogP contribution is -2.20. The van der Waals surface area contributed by atoms with Gasteiger partial charge in [0, 0.05) is 16.5 Å². The van der Waals surface area contributed by atoms with Crippen LogP contribution in [0, 0.1) is 0 Å². The lowest BCUT2D eigenvalue weighted by Gasteiger charge is -2.12. The predicted octanol–water partition coefficient (Wildman–Crippen LogP) is 7.70. The Kier molecular flexibility index (Phi) is 6.55. The van der Waals surface area contributed by atoms with E-state index in [1.807, 2.05) is 37.3 Å². The maximum atomic E-state index is 12.9. The van der Waals surface area contributed by atoms with E-state index in [2.05, 4.69) is 5.32 Å². The highest BCUT2D eigenvalue weighted by atomic mass is 35.5. The van der Waals surface area contributed by atoms with E-state index < -0.39 is 11.5 Å². The van der Waals surface area contributed by atoms with Crippen molar-refractivity contribution in [2.75, 3.05) is 11.9 Å². The normalized spacial score (nSPS) is 11.0. The number of para-hydroxylation sites is 1. The summed E-state index contributed by atoms with van der Waals surface area (Å²) in [7, 11) is 0. The molecule has 0 fully saturated rings. The van der Waals surface area contributed by atoms with Crippen LogP contribution >= 0.6 is 23.2 Å². The number of nitrogens with one attached hydrogen (secondary N) is 1. The number of hydrogen-bond acceptors (Lipinski definition) is 5. The molecular formula is C28H19Cl2NO5. The van der Waals surface area contributed by atoms with Crippen molar-refractivity contribution < 1.29 is 18.7 Å². The standard InChI is InChI=1S/C28H19Cl2NO5/c1-2-34-24-9-5-7-17-14-20(28(33)36-26(17)24)27(32)31-18-11-13-22(21(29)15-18)35-23-12-10-16-6-3-4-8-19(16)25(23)30/h3-15H,2H2,1H3,(H,31,32). The quantitative estimate of drug-likeness (QED) is 0.232. The molecule has 0 radical (unpaired) electrons. The Morgan fingerprint density at radius 1 is 0.889 bits per heavy atom. The van der Waals surface area contributed by atoms with Gasteiger partial charge < -0.3 is 19.2 Å². The summed E-state index contributed by atoms with van der Waals surface area (Å²) in [6.07, 6.45) is 0. The van der Waals surface area contributed by atoms with E-state index >= 15 is 0 Å². The minimum Gasteiger partial charge on any atom is -0.490 e. The average Bonchev–Trinajstić information content (AvgIpc) is 2.87. The Bertz CT molecular complexity index is 1680. The number of hydrogen-bond donors (Lipinski definition) is 1. The second kappa shape index (κ2) is 9.93. The number of fused-ring (bicyclic) bond motifs is 2. The molecule has 0 bridgehead atoms. The Morgan fingerprint density at radius 3 is 2.47 bits per heavy atom. The minimum atomic E-state index is -0.774. The maximum absolute atomic E-state index is 12.9. The zero-order valence-corrected chi connectivity index (χ0v) is 20.5. The number of amides is 1. The number of carbonyl (C=O) groups is 1. The Balaban J connectivity index is 1.38. The van der Waals surface area contributed by atoms with E-state index in [1.54, 1.807) is 36.4 Å². The second-order valence-corrected chi connectivity index (χ2v) is 8.64. The number of benzene rings is 4. The molecular weight excluding hydrogens is 501 g/mol. The van der Waals surface area contributed by atoms with E-state index in [0.29, 0.717) is 40.0 Å². The van der Waals surface area contributed by atoms with Crippen molar-refractivity contribution in [1.29, 1.82) is 0 Å². The van der Waals surface area contributed by atoms with Gasteiger partial charge >= 0.3 is 5.63 Å². The van der Waals surface area contributed by atoms with Gasteiger partial charge in [0.15, 0.2) is 11.3 Å². The lowest BCUT2D eigenvalue weighted by molar-refractivity contribution is 0.102. The summed E-state index contributed by atoms with van der Waals surface area (Å²) in [6, 6.07) is 22.8. The predicted molar refractivity (Wildman–Crippen MR) is 142 cm³/mol. The average molecular weight is 520 g/mol. The van der Waals surface area contributed by atoms with Gasteiger partial charge in [0.2, 0.25) is 0 Å². The van der Waals surface area contributed by atoms with Crippen molar-refractivity contribution in [3.05, 3.63) is 105 Å². The molecule has 6 nitrogen and oxygen atoms in total. The lowest BCUT2D eigenvalue weighted by atomic mass is 10.1. The molecule has 0 aliphatic heterocycles. The Hall–Kier alpha value is -4.00. The maximum Gasteiger partial charge on any atom is 0.349 e. The van der Waals surface area contributed by atoms with Gasteiger partial charge in [0.25, 0.3) is 5.91 Å². The molecule has 1 N–H and O–H groups in total. The fraction of sp³-hybridized carbons (Fsp3) is 0.0714. The molecule has 5 aromatic rings. The van der Waals surface area contributed by atoms with Gasteiger partial charge in [-0.1, -0.05) is 65.7 Å². The highest BCUT2D eigenvalue weighted by molar-refractivity contribution is 6.37. The molecule has 0 saturated carbocycles. The van der Waals surface area contributed by atoms with Gasteiger partial charge in [0.05, 0.1) is 16.7 Å². The molecule has 4 aromatic carbocycles. The third kappa shape index (κ3) is 4.61. The number of rotatable bonds is 6. The van der Waals surface area contributed by atoms with Crippen molar-refractivity contribution in [2.45, 2.75) is 6.92 Å². The van der Waals surface area contributed by atoms with E-state index in [9.17, 15) is 9.59 Å². The zero-order chi connectivity index (χ0) is 25.2. The molecule has 0 spiro atoms. The van der Waals surface area contributed by atoms with Crippen molar-refractivity contribution in [2.24, 2.45) is 0 Å². The summed E-state index contributed by atoms with van der Waals surface area (Å²) < 4.78 is 16.8.